The second-order valence-corrected chi connectivity index (χ2v) is 5.07. The number of hydrogen-bond acceptors (Lipinski definition) is 4. The zero-order chi connectivity index (χ0) is 14.5. The van der Waals surface area contributed by atoms with Crippen LogP contribution in [0.25, 0.3) is 0 Å². The van der Waals surface area contributed by atoms with Crippen LogP contribution < -0.4 is 0 Å². The summed E-state index contributed by atoms with van der Waals surface area (Å²) in [6.45, 7) is 1.99. The molecule has 0 aliphatic carbocycles. The van der Waals surface area contributed by atoms with E-state index in [9.17, 15) is 20.0 Å². The molecule has 0 rings (SSSR count). The van der Waals surface area contributed by atoms with Crippen LogP contribution in [-0.4, -0.2) is 28.5 Å². The molecule has 0 amide bonds. The number of aliphatic hydroxyl groups is 1. The van der Waals surface area contributed by atoms with Crippen molar-refractivity contribution in [3.05, 3.63) is 10.1 Å². The van der Waals surface area contributed by atoms with Gasteiger partial charge in [-0.15, -0.1) is 0 Å². The molecule has 0 aliphatic heterocycles. The van der Waals surface area contributed by atoms with E-state index in [4.69, 9.17) is 0 Å². The maximum atomic E-state index is 10.9. The normalized spacial score (nSPS) is 14.0. The van der Waals surface area contributed by atoms with Crippen molar-refractivity contribution in [2.24, 2.45) is 0 Å². The number of unbranched alkanes of at least 4 members (excludes halogenated alkanes) is 6. The number of aliphatic hydroxyl groups excluding tert-OH is 1. The van der Waals surface area contributed by atoms with Gasteiger partial charge in [0.1, 0.15) is 12.4 Å². The van der Waals surface area contributed by atoms with E-state index in [0.717, 1.165) is 51.2 Å². The summed E-state index contributed by atoms with van der Waals surface area (Å²) < 4.78 is 0. The minimum Gasteiger partial charge on any atom is -0.386 e. The Hall–Kier alpha value is -0.970. The highest BCUT2D eigenvalue weighted by atomic mass is 16.6. The lowest BCUT2D eigenvalue weighted by Crippen LogP contribution is -2.33. The molecule has 0 spiro atoms. The molecule has 0 aromatic rings. The van der Waals surface area contributed by atoms with Gasteiger partial charge in [-0.1, -0.05) is 39.0 Å². The first kappa shape index (κ1) is 18.0. The molecule has 0 bridgehead atoms. The van der Waals surface area contributed by atoms with Gasteiger partial charge in [0.05, 0.1) is 0 Å². The Morgan fingerprint density at radius 1 is 1.11 bits per heavy atom. The van der Waals surface area contributed by atoms with Crippen LogP contribution in [0.1, 0.15) is 71.1 Å². The second kappa shape index (κ2) is 12.1. The Morgan fingerprint density at radius 3 is 2.32 bits per heavy atom. The minimum absolute atomic E-state index is 0.343. The number of nitrogens with zero attached hydrogens (tertiary/aromatic N) is 1. The topological polar surface area (TPSA) is 80.4 Å². The fourth-order valence-corrected chi connectivity index (χ4v) is 2.16. The molecule has 0 aromatic heterocycles. The highest BCUT2D eigenvalue weighted by molar-refractivity contribution is 5.48. The first-order valence-electron chi connectivity index (χ1n) is 7.38. The van der Waals surface area contributed by atoms with E-state index < -0.39 is 12.1 Å². The molecule has 19 heavy (non-hydrogen) atoms. The first-order chi connectivity index (χ1) is 9.13. The van der Waals surface area contributed by atoms with Crippen molar-refractivity contribution < 1.29 is 14.8 Å². The molecule has 0 aromatic carbocycles. The molecule has 5 heteroatoms. The number of carbonyl (C=O) groups is 1. The van der Waals surface area contributed by atoms with E-state index in [2.05, 4.69) is 0 Å². The quantitative estimate of drug-likeness (QED) is 0.242. The van der Waals surface area contributed by atoms with Crippen molar-refractivity contribution in [2.45, 2.75) is 83.3 Å². The maximum absolute atomic E-state index is 10.9. The average Bonchev–Trinajstić information content (AvgIpc) is 2.37. The van der Waals surface area contributed by atoms with Crippen LogP contribution in [0.3, 0.4) is 0 Å². The Bertz CT molecular complexity index is 246. The number of hydrogen-bond donors (Lipinski definition) is 1. The summed E-state index contributed by atoms with van der Waals surface area (Å²) in [6, 6.07) is -0.810. The Labute approximate surface area is 115 Å². The van der Waals surface area contributed by atoms with Gasteiger partial charge in [0, 0.05) is 17.8 Å². The van der Waals surface area contributed by atoms with Crippen molar-refractivity contribution in [3.8, 4) is 0 Å². The lowest BCUT2D eigenvalue weighted by molar-refractivity contribution is -0.535. The van der Waals surface area contributed by atoms with Crippen LogP contribution in [0.2, 0.25) is 0 Å². The first-order valence-corrected chi connectivity index (χ1v) is 7.38. The molecule has 2 unspecified atom stereocenters. The lowest BCUT2D eigenvalue weighted by atomic mass is 9.99. The Morgan fingerprint density at radius 2 is 1.74 bits per heavy atom. The summed E-state index contributed by atoms with van der Waals surface area (Å²) >= 11 is 0. The summed E-state index contributed by atoms with van der Waals surface area (Å²) in [6.07, 6.45) is 8.13. The molecule has 5 nitrogen and oxygen atoms in total. The van der Waals surface area contributed by atoms with Gasteiger partial charge in [0.25, 0.3) is 0 Å². The fourth-order valence-electron chi connectivity index (χ4n) is 2.16. The number of carbonyl (C=O) groups excluding carboxylic acids is 1. The van der Waals surface area contributed by atoms with Crippen molar-refractivity contribution in [1.29, 1.82) is 0 Å². The molecule has 0 saturated carbocycles. The van der Waals surface area contributed by atoms with E-state index in [1.54, 1.807) is 0 Å². The van der Waals surface area contributed by atoms with Crippen molar-refractivity contribution in [1.82, 2.24) is 0 Å². The summed E-state index contributed by atoms with van der Waals surface area (Å²) in [5.41, 5.74) is 0. The highest BCUT2D eigenvalue weighted by Crippen LogP contribution is 2.15. The summed E-state index contributed by atoms with van der Waals surface area (Å²) in [4.78, 5) is 20.6. The molecular weight excluding hydrogens is 246 g/mol. The molecule has 1 N–H and O–H groups in total. The van der Waals surface area contributed by atoms with Gasteiger partial charge in [-0.3, -0.25) is 10.1 Å². The largest absolute Gasteiger partial charge is 0.386 e. The highest BCUT2D eigenvalue weighted by Gasteiger charge is 2.28. The van der Waals surface area contributed by atoms with Crippen molar-refractivity contribution in [3.63, 3.8) is 0 Å². The summed E-state index contributed by atoms with van der Waals surface area (Å²) in [7, 11) is 0. The smallest absolute Gasteiger partial charge is 0.238 e. The Balaban J connectivity index is 3.71. The number of nitro groups is 1. The van der Waals surface area contributed by atoms with Crippen LogP contribution in [-0.2, 0) is 4.79 Å². The molecule has 0 radical (unpaired) electrons. The third-order valence-electron chi connectivity index (χ3n) is 3.39. The summed E-state index contributed by atoms with van der Waals surface area (Å²) in [5.74, 6) is 0. The SMILES string of the molecule is CCCCC(C(O)CCCCCCCC=O)[N+](=O)[O-]. The zero-order valence-electron chi connectivity index (χ0n) is 11.9. The van der Waals surface area contributed by atoms with Gasteiger partial charge in [-0.2, -0.15) is 0 Å². The molecule has 2 atom stereocenters. The van der Waals surface area contributed by atoms with Gasteiger partial charge >= 0.3 is 0 Å². The van der Waals surface area contributed by atoms with Gasteiger partial charge in [0.15, 0.2) is 0 Å². The molecule has 0 fully saturated rings. The minimum atomic E-state index is -0.823. The van der Waals surface area contributed by atoms with E-state index in [1.165, 1.54) is 0 Å². The van der Waals surface area contributed by atoms with E-state index in [1.807, 2.05) is 6.92 Å². The summed E-state index contributed by atoms with van der Waals surface area (Å²) in [5, 5.41) is 20.7. The molecule has 0 saturated heterocycles. The van der Waals surface area contributed by atoms with Crippen LogP contribution >= 0.6 is 0 Å². The maximum Gasteiger partial charge on any atom is 0.238 e. The van der Waals surface area contributed by atoms with Crippen LogP contribution in [0.5, 0.6) is 0 Å². The predicted molar refractivity (Wildman–Crippen MR) is 74.7 cm³/mol. The Kier molecular flexibility index (Phi) is 11.5. The third-order valence-corrected chi connectivity index (χ3v) is 3.39. The fraction of sp³-hybridized carbons (Fsp3) is 0.929. The van der Waals surface area contributed by atoms with E-state index >= 15 is 0 Å². The number of aldehydes is 1. The molecular formula is C14H27NO4. The monoisotopic (exact) mass is 273 g/mol. The van der Waals surface area contributed by atoms with Crippen molar-refractivity contribution in [2.75, 3.05) is 0 Å². The van der Waals surface area contributed by atoms with Crippen LogP contribution in [0.4, 0.5) is 0 Å². The molecule has 112 valence electrons. The average molecular weight is 273 g/mol. The molecule has 0 heterocycles. The standard InChI is InChI=1S/C14H27NO4/c1-2-3-10-13(15(18)19)14(17)11-8-6-4-5-7-9-12-16/h12-14,17H,2-11H2,1H3. The van der Waals surface area contributed by atoms with Crippen LogP contribution in [0.15, 0.2) is 0 Å². The third kappa shape index (κ3) is 9.59. The van der Waals surface area contributed by atoms with Crippen molar-refractivity contribution >= 4 is 6.29 Å². The van der Waals surface area contributed by atoms with Gasteiger partial charge in [-0.25, -0.2) is 0 Å². The lowest BCUT2D eigenvalue weighted by Gasteiger charge is -2.15. The van der Waals surface area contributed by atoms with Crippen LogP contribution in [0, 0.1) is 10.1 Å². The van der Waals surface area contributed by atoms with E-state index in [0.29, 0.717) is 19.3 Å². The van der Waals surface area contributed by atoms with E-state index in [-0.39, 0.29) is 4.92 Å². The zero-order valence-corrected chi connectivity index (χ0v) is 11.9. The second-order valence-electron chi connectivity index (χ2n) is 5.07. The molecule has 0 aliphatic rings. The van der Waals surface area contributed by atoms with Gasteiger partial charge in [-0.05, 0) is 19.3 Å². The predicted octanol–water partition coefficient (Wildman–Crippen LogP) is 3.11. The van der Waals surface area contributed by atoms with Gasteiger partial charge in [0.2, 0.25) is 6.04 Å². The number of rotatable bonds is 13. The van der Waals surface area contributed by atoms with Gasteiger partial charge < -0.3 is 9.90 Å².